The van der Waals surface area contributed by atoms with E-state index in [9.17, 15) is 0 Å². The molecule has 0 atom stereocenters. The molecule has 0 bridgehead atoms. The lowest BCUT2D eigenvalue weighted by Gasteiger charge is -2.24. The quantitative estimate of drug-likeness (QED) is 0.865. The lowest BCUT2D eigenvalue weighted by molar-refractivity contribution is 0.663. The molecular weight excluding hydrogens is 210 g/mol. The number of hydrogen-bond donors (Lipinski definition) is 1. The number of rotatable bonds is 3. The molecule has 1 aromatic heterocycles. The van der Waals surface area contributed by atoms with Gasteiger partial charge in [-0.15, -0.1) is 0 Å². The SMILES string of the molecule is CN(c1nc2c(cc1CN)CCCC2)C1CC1. The predicted octanol–water partition coefficient (Wildman–Crippen LogP) is 2.02. The van der Waals surface area contributed by atoms with Crippen molar-refractivity contribution in [1.82, 2.24) is 4.98 Å². The Labute approximate surface area is 103 Å². The van der Waals surface area contributed by atoms with E-state index in [1.54, 1.807) is 0 Å². The molecule has 17 heavy (non-hydrogen) atoms. The van der Waals surface area contributed by atoms with Crippen molar-refractivity contribution in [2.45, 2.75) is 51.1 Å². The average molecular weight is 231 g/mol. The van der Waals surface area contributed by atoms with E-state index in [1.165, 1.54) is 48.9 Å². The van der Waals surface area contributed by atoms with Crippen molar-refractivity contribution < 1.29 is 0 Å². The molecule has 0 amide bonds. The van der Waals surface area contributed by atoms with Crippen LogP contribution >= 0.6 is 0 Å². The van der Waals surface area contributed by atoms with Gasteiger partial charge in [-0.1, -0.05) is 0 Å². The summed E-state index contributed by atoms with van der Waals surface area (Å²) < 4.78 is 0. The maximum Gasteiger partial charge on any atom is 0.133 e. The van der Waals surface area contributed by atoms with Crippen LogP contribution in [0.15, 0.2) is 6.07 Å². The van der Waals surface area contributed by atoms with Gasteiger partial charge < -0.3 is 10.6 Å². The van der Waals surface area contributed by atoms with Crippen LogP contribution in [0.1, 0.15) is 42.5 Å². The number of aromatic nitrogens is 1. The topological polar surface area (TPSA) is 42.2 Å². The van der Waals surface area contributed by atoms with Gasteiger partial charge in [0.1, 0.15) is 5.82 Å². The molecule has 0 spiro atoms. The largest absolute Gasteiger partial charge is 0.356 e. The molecule has 2 aliphatic rings. The maximum atomic E-state index is 5.88. The number of fused-ring (bicyclic) bond motifs is 1. The number of anilines is 1. The number of nitrogens with two attached hydrogens (primary N) is 1. The van der Waals surface area contributed by atoms with Crippen LogP contribution in [0, 0.1) is 0 Å². The van der Waals surface area contributed by atoms with Crippen LogP contribution in [0.4, 0.5) is 5.82 Å². The molecule has 3 rings (SSSR count). The molecule has 0 aliphatic heterocycles. The summed E-state index contributed by atoms with van der Waals surface area (Å²) in [5, 5.41) is 0. The minimum atomic E-state index is 0.604. The third-order valence-corrected chi connectivity index (χ3v) is 4.01. The summed E-state index contributed by atoms with van der Waals surface area (Å²) in [4.78, 5) is 7.22. The normalized spacial score (nSPS) is 18.9. The van der Waals surface area contributed by atoms with Crippen molar-refractivity contribution in [3.05, 3.63) is 22.9 Å². The lowest BCUT2D eigenvalue weighted by atomic mass is 9.94. The minimum absolute atomic E-state index is 0.604. The van der Waals surface area contributed by atoms with Gasteiger partial charge >= 0.3 is 0 Å². The van der Waals surface area contributed by atoms with Crippen LogP contribution in [-0.4, -0.2) is 18.1 Å². The summed E-state index contributed by atoms with van der Waals surface area (Å²) in [7, 11) is 2.16. The van der Waals surface area contributed by atoms with Crippen molar-refractivity contribution in [1.29, 1.82) is 0 Å². The molecule has 1 fully saturated rings. The van der Waals surface area contributed by atoms with Crippen molar-refractivity contribution in [3.8, 4) is 0 Å². The smallest absolute Gasteiger partial charge is 0.133 e. The third kappa shape index (κ3) is 2.04. The fraction of sp³-hybridized carbons (Fsp3) is 0.643. The van der Waals surface area contributed by atoms with Crippen molar-refractivity contribution in [2.75, 3.05) is 11.9 Å². The molecule has 0 saturated heterocycles. The van der Waals surface area contributed by atoms with Crippen LogP contribution < -0.4 is 10.6 Å². The molecule has 0 radical (unpaired) electrons. The monoisotopic (exact) mass is 231 g/mol. The molecule has 2 aliphatic carbocycles. The highest BCUT2D eigenvalue weighted by atomic mass is 15.2. The number of aryl methyl sites for hydroxylation is 2. The molecule has 92 valence electrons. The first-order chi connectivity index (χ1) is 8.29. The van der Waals surface area contributed by atoms with Gasteiger partial charge in [-0.25, -0.2) is 4.98 Å². The Morgan fingerprint density at radius 2 is 2.12 bits per heavy atom. The van der Waals surface area contributed by atoms with Gasteiger partial charge in [-0.3, -0.25) is 0 Å². The Bertz CT molecular complexity index is 424. The van der Waals surface area contributed by atoms with Gasteiger partial charge in [0.15, 0.2) is 0 Å². The van der Waals surface area contributed by atoms with Crippen molar-refractivity contribution >= 4 is 5.82 Å². The molecule has 1 heterocycles. The Hall–Kier alpha value is -1.09. The summed E-state index contributed by atoms with van der Waals surface area (Å²) in [5.74, 6) is 1.13. The Kier molecular flexibility index (Phi) is 2.79. The highest BCUT2D eigenvalue weighted by Crippen LogP contribution is 2.33. The summed E-state index contributed by atoms with van der Waals surface area (Å²) in [6, 6.07) is 3.00. The first-order valence-corrected chi connectivity index (χ1v) is 6.74. The van der Waals surface area contributed by atoms with Crippen LogP contribution in [0.5, 0.6) is 0 Å². The van der Waals surface area contributed by atoms with E-state index in [4.69, 9.17) is 10.7 Å². The zero-order chi connectivity index (χ0) is 11.8. The highest BCUT2D eigenvalue weighted by molar-refractivity contribution is 5.51. The van der Waals surface area contributed by atoms with Crippen molar-refractivity contribution in [2.24, 2.45) is 5.73 Å². The number of hydrogen-bond acceptors (Lipinski definition) is 3. The second-order valence-corrected chi connectivity index (χ2v) is 5.33. The fourth-order valence-corrected chi connectivity index (χ4v) is 2.76. The molecular formula is C14H21N3. The minimum Gasteiger partial charge on any atom is -0.356 e. The Morgan fingerprint density at radius 1 is 1.35 bits per heavy atom. The summed E-state index contributed by atoms with van der Waals surface area (Å²) >= 11 is 0. The standard InChI is InChI=1S/C14H21N3/c1-17(12-6-7-12)14-11(9-15)8-10-4-2-3-5-13(10)16-14/h8,12H,2-7,9,15H2,1H3. The van der Waals surface area contributed by atoms with Crippen LogP contribution in [0.2, 0.25) is 0 Å². The molecule has 1 aromatic rings. The number of pyridine rings is 1. The molecule has 3 heteroatoms. The number of nitrogens with zero attached hydrogens (tertiary/aromatic N) is 2. The molecule has 1 saturated carbocycles. The van der Waals surface area contributed by atoms with Gasteiger partial charge in [0.05, 0.1) is 0 Å². The summed E-state index contributed by atoms with van der Waals surface area (Å²) in [6.45, 7) is 0.604. The van der Waals surface area contributed by atoms with E-state index in [2.05, 4.69) is 18.0 Å². The van der Waals surface area contributed by atoms with E-state index in [0.29, 0.717) is 12.6 Å². The van der Waals surface area contributed by atoms with Crippen LogP contribution in [-0.2, 0) is 19.4 Å². The van der Waals surface area contributed by atoms with E-state index in [1.807, 2.05) is 0 Å². The van der Waals surface area contributed by atoms with Gasteiger partial charge in [-0.2, -0.15) is 0 Å². The van der Waals surface area contributed by atoms with Gasteiger partial charge in [0, 0.05) is 30.9 Å². The second-order valence-electron chi connectivity index (χ2n) is 5.33. The second kappa shape index (κ2) is 4.30. The molecule has 3 nitrogen and oxygen atoms in total. The highest BCUT2D eigenvalue weighted by Gasteiger charge is 2.29. The third-order valence-electron chi connectivity index (χ3n) is 4.01. The fourth-order valence-electron chi connectivity index (χ4n) is 2.76. The molecule has 2 N–H and O–H groups in total. The Morgan fingerprint density at radius 3 is 2.82 bits per heavy atom. The van der Waals surface area contributed by atoms with E-state index < -0.39 is 0 Å². The Balaban J connectivity index is 2.00. The molecule has 0 unspecified atom stereocenters. The molecule has 0 aromatic carbocycles. The van der Waals surface area contributed by atoms with Crippen LogP contribution in [0.25, 0.3) is 0 Å². The van der Waals surface area contributed by atoms with Gasteiger partial charge in [-0.05, 0) is 50.2 Å². The van der Waals surface area contributed by atoms with E-state index in [0.717, 1.165) is 12.2 Å². The summed E-state index contributed by atoms with van der Waals surface area (Å²) in [5.41, 5.74) is 9.85. The average Bonchev–Trinajstić information content (AvgIpc) is 3.20. The zero-order valence-corrected chi connectivity index (χ0v) is 10.6. The predicted molar refractivity (Wildman–Crippen MR) is 70.2 cm³/mol. The maximum absolute atomic E-state index is 5.88. The van der Waals surface area contributed by atoms with E-state index >= 15 is 0 Å². The van der Waals surface area contributed by atoms with Gasteiger partial charge in [0.2, 0.25) is 0 Å². The first-order valence-electron chi connectivity index (χ1n) is 6.74. The summed E-state index contributed by atoms with van der Waals surface area (Å²) in [6.07, 6.45) is 7.53. The van der Waals surface area contributed by atoms with Crippen molar-refractivity contribution in [3.63, 3.8) is 0 Å². The van der Waals surface area contributed by atoms with Crippen LogP contribution in [0.3, 0.4) is 0 Å². The van der Waals surface area contributed by atoms with Gasteiger partial charge in [0.25, 0.3) is 0 Å². The van der Waals surface area contributed by atoms with E-state index in [-0.39, 0.29) is 0 Å². The first kappa shape index (κ1) is 11.0. The lowest BCUT2D eigenvalue weighted by Crippen LogP contribution is -2.24. The zero-order valence-electron chi connectivity index (χ0n) is 10.6.